The van der Waals surface area contributed by atoms with Crippen LogP contribution in [0.1, 0.15) is 64.7 Å². The Kier molecular flexibility index (Phi) is 10.1. The average molecular weight is 446 g/mol. The number of carboxylic acid groups (broad SMARTS) is 2. The number of aliphatic hydroxyl groups excluding tert-OH is 2. The maximum atomic E-state index is 12.6. The van der Waals surface area contributed by atoms with Crippen molar-refractivity contribution in [2.75, 3.05) is 6.61 Å². The zero-order valence-electron chi connectivity index (χ0n) is 17.9. The standard InChI is InChI=1S/C21H34O10/c1-2-3-4-18(30-21(28)17-10-14(23)6-8-16(17)20(26)27)31-29-11-12-9-13(22)5-7-15(12)19(24)25/h12-18,22-23H,2-11H2,1H3,(H,24,25)(H,26,27). The Morgan fingerprint density at radius 2 is 1.52 bits per heavy atom. The van der Waals surface area contributed by atoms with E-state index in [0.29, 0.717) is 32.1 Å². The van der Waals surface area contributed by atoms with Gasteiger partial charge in [-0.2, -0.15) is 4.89 Å². The van der Waals surface area contributed by atoms with Gasteiger partial charge >= 0.3 is 17.9 Å². The molecule has 0 aliphatic heterocycles. The van der Waals surface area contributed by atoms with Crippen molar-refractivity contribution >= 4 is 17.9 Å². The van der Waals surface area contributed by atoms with Gasteiger partial charge < -0.3 is 25.2 Å². The number of carboxylic acids is 2. The van der Waals surface area contributed by atoms with Gasteiger partial charge in [0, 0.05) is 12.3 Å². The third-order valence-corrected chi connectivity index (χ3v) is 6.21. The fraction of sp³-hybridized carbons (Fsp3) is 0.857. The lowest BCUT2D eigenvalue weighted by molar-refractivity contribution is -0.378. The third-order valence-electron chi connectivity index (χ3n) is 6.21. The minimum atomic E-state index is -1.10. The fourth-order valence-electron chi connectivity index (χ4n) is 4.37. The Morgan fingerprint density at radius 3 is 2.13 bits per heavy atom. The van der Waals surface area contributed by atoms with Crippen LogP contribution in [-0.2, 0) is 28.9 Å². The molecule has 31 heavy (non-hydrogen) atoms. The largest absolute Gasteiger partial charge is 0.481 e. The molecule has 2 fully saturated rings. The number of unbranched alkanes of at least 4 members (excludes halogenated alkanes) is 1. The Labute approximate surface area is 181 Å². The molecule has 7 unspecified atom stereocenters. The summed E-state index contributed by atoms with van der Waals surface area (Å²) in [6.07, 6.45) is 0.923. The summed E-state index contributed by atoms with van der Waals surface area (Å²) >= 11 is 0. The molecule has 4 N–H and O–H groups in total. The molecule has 2 aliphatic carbocycles. The van der Waals surface area contributed by atoms with Crippen LogP contribution in [0.2, 0.25) is 0 Å². The molecule has 0 heterocycles. The molecule has 2 aliphatic rings. The smallest absolute Gasteiger partial charge is 0.312 e. The number of carbonyl (C=O) groups excluding carboxylic acids is 1. The molecule has 0 spiro atoms. The zero-order valence-corrected chi connectivity index (χ0v) is 17.9. The molecule has 0 radical (unpaired) electrons. The molecule has 0 amide bonds. The Morgan fingerprint density at radius 1 is 0.903 bits per heavy atom. The molecule has 178 valence electrons. The summed E-state index contributed by atoms with van der Waals surface area (Å²) in [6.45, 7) is 1.87. The molecular formula is C21H34O10. The highest BCUT2D eigenvalue weighted by Gasteiger charge is 2.41. The molecule has 2 saturated carbocycles. The van der Waals surface area contributed by atoms with Gasteiger partial charge in [0.25, 0.3) is 0 Å². The minimum Gasteiger partial charge on any atom is -0.481 e. The summed E-state index contributed by atoms with van der Waals surface area (Å²) in [6, 6.07) is 0. The number of carbonyl (C=O) groups is 3. The minimum absolute atomic E-state index is 0.0113. The first-order valence-corrected chi connectivity index (χ1v) is 11.0. The SMILES string of the molecule is CCCCC(OOCC1CC(O)CCC1C(=O)O)OC(=O)C1CC(O)CCC1C(=O)O. The van der Waals surface area contributed by atoms with Crippen LogP contribution < -0.4 is 0 Å². The number of aliphatic hydroxyl groups is 2. The van der Waals surface area contributed by atoms with Gasteiger partial charge in [-0.05, 0) is 44.9 Å². The summed E-state index contributed by atoms with van der Waals surface area (Å²) in [7, 11) is 0. The van der Waals surface area contributed by atoms with Crippen molar-refractivity contribution in [3.05, 3.63) is 0 Å². The first kappa shape index (κ1) is 25.5. The Bertz CT molecular complexity index is 609. The lowest BCUT2D eigenvalue weighted by atomic mass is 9.78. The number of aliphatic carboxylic acids is 2. The molecule has 10 heteroatoms. The number of hydrogen-bond acceptors (Lipinski definition) is 8. The van der Waals surface area contributed by atoms with E-state index in [1.165, 1.54) is 0 Å². The van der Waals surface area contributed by atoms with Crippen molar-refractivity contribution < 1.29 is 49.3 Å². The molecule has 0 aromatic carbocycles. The maximum Gasteiger partial charge on any atom is 0.312 e. The van der Waals surface area contributed by atoms with E-state index in [0.717, 1.165) is 6.42 Å². The van der Waals surface area contributed by atoms with Gasteiger partial charge in [0.15, 0.2) is 0 Å². The van der Waals surface area contributed by atoms with E-state index in [9.17, 15) is 34.8 Å². The normalized spacial score (nSPS) is 32.2. The molecule has 10 nitrogen and oxygen atoms in total. The van der Waals surface area contributed by atoms with Gasteiger partial charge in [-0.1, -0.05) is 13.3 Å². The van der Waals surface area contributed by atoms with Gasteiger partial charge in [-0.15, -0.1) is 0 Å². The van der Waals surface area contributed by atoms with Gasteiger partial charge in [0.05, 0.1) is 36.6 Å². The van der Waals surface area contributed by atoms with Crippen LogP contribution in [0.15, 0.2) is 0 Å². The topological polar surface area (TPSA) is 160 Å². The second-order valence-corrected chi connectivity index (χ2v) is 8.58. The van der Waals surface area contributed by atoms with Gasteiger partial charge in [-0.25, -0.2) is 4.89 Å². The van der Waals surface area contributed by atoms with Crippen LogP contribution in [0.5, 0.6) is 0 Å². The molecule has 0 saturated heterocycles. The fourth-order valence-corrected chi connectivity index (χ4v) is 4.37. The summed E-state index contributed by atoms with van der Waals surface area (Å²) < 4.78 is 5.38. The van der Waals surface area contributed by atoms with E-state index in [2.05, 4.69) is 0 Å². The van der Waals surface area contributed by atoms with Gasteiger partial charge in [-0.3, -0.25) is 14.4 Å². The van der Waals surface area contributed by atoms with E-state index in [-0.39, 0.29) is 25.9 Å². The highest BCUT2D eigenvalue weighted by atomic mass is 17.2. The lowest BCUT2D eigenvalue weighted by Gasteiger charge is -2.32. The second kappa shape index (κ2) is 12.3. The molecule has 7 atom stereocenters. The monoisotopic (exact) mass is 446 g/mol. The van der Waals surface area contributed by atoms with Crippen LogP contribution in [0.25, 0.3) is 0 Å². The summed E-state index contributed by atoms with van der Waals surface area (Å²) in [5, 5.41) is 38.4. The van der Waals surface area contributed by atoms with Crippen molar-refractivity contribution in [2.45, 2.75) is 83.2 Å². The Balaban J connectivity index is 1.93. The van der Waals surface area contributed by atoms with Crippen LogP contribution >= 0.6 is 0 Å². The van der Waals surface area contributed by atoms with E-state index in [1.54, 1.807) is 0 Å². The second-order valence-electron chi connectivity index (χ2n) is 8.58. The first-order valence-electron chi connectivity index (χ1n) is 11.0. The van der Waals surface area contributed by atoms with E-state index < -0.39 is 60.1 Å². The van der Waals surface area contributed by atoms with Crippen LogP contribution in [0.3, 0.4) is 0 Å². The number of esters is 1. The average Bonchev–Trinajstić information content (AvgIpc) is 2.71. The molecule has 0 aromatic rings. The van der Waals surface area contributed by atoms with Crippen molar-refractivity contribution in [3.63, 3.8) is 0 Å². The van der Waals surface area contributed by atoms with Crippen LogP contribution in [0, 0.1) is 23.7 Å². The van der Waals surface area contributed by atoms with Crippen molar-refractivity contribution in [2.24, 2.45) is 23.7 Å². The first-order chi connectivity index (χ1) is 14.7. The maximum absolute atomic E-state index is 12.6. The quantitative estimate of drug-likeness (QED) is 0.159. The summed E-state index contributed by atoms with van der Waals surface area (Å²) in [5.41, 5.74) is 0. The lowest BCUT2D eigenvalue weighted by Crippen LogP contribution is -2.40. The van der Waals surface area contributed by atoms with Gasteiger partial charge in [0.2, 0.25) is 6.29 Å². The van der Waals surface area contributed by atoms with Crippen molar-refractivity contribution in [1.29, 1.82) is 0 Å². The zero-order chi connectivity index (χ0) is 23.0. The molecule has 0 aromatic heterocycles. The van der Waals surface area contributed by atoms with Gasteiger partial charge in [0.1, 0.15) is 0 Å². The highest BCUT2D eigenvalue weighted by Crippen LogP contribution is 2.33. The highest BCUT2D eigenvalue weighted by molar-refractivity contribution is 5.81. The third kappa shape index (κ3) is 7.71. The van der Waals surface area contributed by atoms with Crippen molar-refractivity contribution in [3.8, 4) is 0 Å². The van der Waals surface area contributed by atoms with E-state index in [1.807, 2.05) is 6.92 Å². The van der Waals surface area contributed by atoms with E-state index >= 15 is 0 Å². The number of hydrogen-bond donors (Lipinski definition) is 4. The summed E-state index contributed by atoms with van der Waals surface area (Å²) in [5.74, 6) is -5.80. The molecule has 0 bridgehead atoms. The van der Waals surface area contributed by atoms with E-state index in [4.69, 9.17) is 14.5 Å². The number of rotatable bonds is 11. The molecule has 2 rings (SSSR count). The summed E-state index contributed by atoms with van der Waals surface area (Å²) in [4.78, 5) is 46.0. The van der Waals surface area contributed by atoms with Crippen LogP contribution in [0.4, 0.5) is 0 Å². The predicted molar refractivity (Wildman–Crippen MR) is 105 cm³/mol. The number of ether oxygens (including phenoxy) is 1. The predicted octanol–water partition coefficient (Wildman–Crippen LogP) is 1.72. The van der Waals surface area contributed by atoms with Crippen LogP contribution in [-0.4, -0.2) is 63.4 Å². The molecular weight excluding hydrogens is 412 g/mol. The van der Waals surface area contributed by atoms with Crippen molar-refractivity contribution in [1.82, 2.24) is 0 Å². The Hall–Kier alpha value is -1.75.